The van der Waals surface area contributed by atoms with Gasteiger partial charge in [-0.25, -0.2) is 4.98 Å². The molecule has 1 saturated heterocycles. The fourth-order valence-corrected chi connectivity index (χ4v) is 4.10. The van der Waals surface area contributed by atoms with Crippen molar-refractivity contribution in [1.82, 2.24) is 14.9 Å². The zero-order chi connectivity index (χ0) is 18.9. The van der Waals surface area contributed by atoms with Crippen LogP contribution in [0, 0.1) is 0 Å². The van der Waals surface area contributed by atoms with E-state index in [0.29, 0.717) is 6.04 Å². The molecule has 1 fully saturated rings. The van der Waals surface area contributed by atoms with E-state index >= 15 is 0 Å². The molecule has 0 unspecified atom stereocenters. The highest BCUT2D eigenvalue weighted by molar-refractivity contribution is 6.08. The summed E-state index contributed by atoms with van der Waals surface area (Å²) in [7, 11) is 1.71. The van der Waals surface area contributed by atoms with Gasteiger partial charge in [-0.05, 0) is 42.8 Å². The van der Waals surface area contributed by atoms with E-state index in [1.54, 1.807) is 7.11 Å². The van der Waals surface area contributed by atoms with Crippen molar-refractivity contribution < 1.29 is 4.74 Å². The number of methoxy groups -OCH3 is 1. The molecule has 2 N–H and O–H groups in total. The molecule has 1 aliphatic rings. The minimum Gasteiger partial charge on any atom is -0.497 e. The molecule has 0 bridgehead atoms. The zero-order valence-electron chi connectivity index (χ0n) is 16.0. The third kappa shape index (κ3) is 3.08. The van der Waals surface area contributed by atoms with Crippen LogP contribution in [0.25, 0.3) is 21.8 Å². The van der Waals surface area contributed by atoms with E-state index in [4.69, 9.17) is 9.72 Å². The number of anilines is 1. The summed E-state index contributed by atoms with van der Waals surface area (Å²) in [6.45, 7) is 2.84. The normalized spacial score (nSPS) is 16.7. The smallest absolute Gasteiger partial charge is 0.136 e. The SMILES string of the molecule is COc1cccc(Cn2ccc3c(N[C@H]4CCNC4)nc4ccccc4c32)c1. The molecule has 0 aliphatic carbocycles. The first-order chi connectivity index (χ1) is 13.8. The lowest BCUT2D eigenvalue weighted by atomic mass is 10.1. The minimum absolute atomic E-state index is 0.429. The van der Waals surface area contributed by atoms with E-state index in [-0.39, 0.29) is 0 Å². The molecule has 1 atom stereocenters. The summed E-state index contributed by atoms with van der Waals surface area (Å²) in [6.07, 6.45) is 3.29. The van der Waals surface area contributed by atoms with Gasteiger partial charge >= 0.3 is 0 Å². The van der Waals surface area contributed by atoms with Crippen molar-refractivity contribution >= 4 is 27.6 Å². The Bertz CT molecular complexity index is 1130. The van der Waals surface area contributed by atoms with Gasteiger partial charge in [0.25, 0.3) is 0 Å². The Balaban J connectivity index is 1.62. The molecular weight excluding hydrogens is 348 g/mol. The Morgan fingerprint density at radius 3 is 2.93 bits per heavy atom. The maximum absolute atomic E-state index is 5.39. The molecule has 5 rings (SSSR count). The molecule has 0 saturated carbocycles. The van der Waals surface area contributed by atoms with Crippen LogP contribution in [0.4, 0.5) is 5.82 Å². The first-order valence-electron chi connectivity index (χ1n) is 9.79. The van der Waals surface area contributed by atoms with Gasteiger partial charge < -0.3 is 19.9 Å². The second kappa shape index (κ2) is 7.17. The minimum atomic E-state index is 0.429. The van der Waals surface area contributed by atoms with Crippen LogP contribution in [0.5, 0.6) is 5.75 Å². The largest absolute Gasteiger partial charge is 0.497 e. The van der Waals surface area contributed by atoms with Crippen LogP contribution in [-0.4, -0.2) is 35.8 Å². The summed E-state index contributed by atoms with van der Waals surface area (Å²) in [6, 6.07) is 19.3. The third-order valence-corrected chi connectivity index (χ3v) is 5.50. The molecule has 5 heteroatoms. The third-order valence-electron chi connectivity index (χ3n) is 5.50. The quantitative estimate of drug-likeness (QED) is 0.556. The van der Waals surface area contributed by atoms with Gasteiger partial charge in [0.2, 0.25) is 0 Å². The molecular formula is C23H24N4O. The molecule has 2 aromatic heterocycles. The molecule has 5 nitrogen and oxygen atoms in total. The maximum Gasteiger partial charge on any atom is 0.136 e. The Kier molecular flexibility index (Phi) is 4.37. The lowest BCUT2D eigenvalue weighted by Crippen LogP contribution is -2.22. The number of ether oxygens (including phenoxy) is 1. The molecule has 28 heavy (non-hydrogen) atoms. The fourth-order valence-electron chi connectivity index (χ4n) is 4.10. The fraction of sp³-hybridized carbons (Fsp3) is 0.261. The van der Waals surface area contributed by atoms with Crippen molar-refractivity contribution in [2.75, 3.05) is 25.5 Å². The number of rotatable bonds is 5. The average molecular weight is 372 g/mol. The highest BCUT2D eigenvalue weighted by atomic mass is 16.5. The van der Waals surface area contributed by atoms with Crippen LogP contribution >= 0.6 is 0 Å². The van der Waals surface area contributed by atoms with Gasteiger partial charge in [0.05, 0.1) is 18.1 Å². The first-order valence-corrected chi connectivity index (χ1v) is 9.79. The van der Waals surface area contributed by atoms with E-state index in [0.717, 1.165) is 43.1 Å². The van der Waals surface area contributed by atoms with Gasteiger partial charge in [0.15, 0.2) is 0 Å². The number of fused-ring (bicyclic) bond motifs is 3. The van der Waals surface area contributed by atoms with Crippen LogP contribution in [0.1, 0.15) is 12.0 Å². The molecule has 1 aliphatic heterocycles. The van der Waals surface area contributed by atoms with Gasteiger partial charge in [0.1, 0.15) is 11.6 Å². The second-order valence-electron chi connectivity index (χ2n) is 7.37. The van der Waals surface area contributed by atoms with Gasteiger partial charge in [-0.1, -0.05) is 30.3 Å². The van der Waals surface area contributed by atoms with Gasteiger partial charge in [-0.3, -0.25) is 0 Å². The summed E-state index contributed by atoms with van der Waals surface area (Å²) >= 11 is 0. The summed E-state index contributed by atoms with van der Waals surface area (Å²) in [5.41, 5.74) is 3.46. The summed E-state index contributed by atoms with van der Waals surface area (Å²) in [4.78, 5) is 4.94. The van der Waals surface area contributed by atoms with Gasteiger partial charge in [0, 0.05) is 36.1 Å². The first kappa shape index (κ1) is 17.1. The topological polar surface area (TPSA) is 51.1 Å². The molecule has 0 radical (unpaired) electrons. The van der Waals surface area contributed by atoms with Crippen molar-refractivity contribution in [3.8, 4) is 5.75 Å². The Hall–Kier alpha value is -3.05. The predicted octanol–water partition coefficient (Wildman–Crippen LogP) is 4.02. The number of benzene rings is 2. The van der Waals surface area contributed by atoms with Gasteiger partial charge in [-0.15, -0.1) is 0 Å². The van der Waals surface area contributed by atoms with Crippen LogP contribution < -0.4 is 15.4 Å². The van der Waals surface area contributed by atoms with Crippen molar-refractivity contribution in [1.29, 1.82) is 0 Å². The second-order valence-corrected chi connectivity index (χ2v) is 7.37. The number of pyridine rings is 1. The van der Waals surface area contributed by atoms with Crippen LogP contribution in [-0.2, 0) is 6.54 Å². The van der Waals surface area contributed by atoms with E-state index in [2.05, 4.69) is 63.9 Å². The lowest BCUT2D eigenvalue weighted by molar-refractivity contribution is 0.414. The number of hydrogen-bond acceptors (Lipinski definition) is 4. The van der Waals surface area contributed by atoms with E-state index in [1.807, 2.05) is 12.1 Å². The summed E-state index contributed by atoms with van der Waals surface area (Å²) in [5, 5.41) is 9.44. The maximum atomic E-state index is 5.39. The molecule has 2 aromatic carbocycles. The predicted molar refractivity (Wildman–Crippen MR) is 114 cm³/mol. The molecule has 3 heterocycles. The monoisotopic (exact) mass is 372 g/mol. The van der Waals surface area contributed by atoms with Crippen LogP contribution in [0.3, 0.4) is 0 Å². The van der Waals surface area contributed by atoms with Gasteiger partial charge in [-0.2, -0.15) is 0 Å². The molecule has 0 amide bonds. The molecule has 142 valence electrons. The molecule has 0 spiro atoms. The van der Waals surface area contributed by atoms with Crippen molar-refractivity contribution in [3.63, 3.8) is 0 Å². The Morgan fingerprint density at radius 2 is 2.07 bits per heavy atom. The van der Waals surface area contributed by atoms with E-state index in [1.165, 1.54) is 21.9 Å². The summed E-state index contributed by atoms with van der Waals surface area (Å²) < 4.78 is 7.70. The standard InChI is InChI=1S/C23H24N4O/c1-28-18-6-4-5-16(13-18)15-27-12-10-20-22(27)19-7-2-3-8-21(19)26-23(20)25-17-9-11-24-14-17/h2-8,10,12-13,17,24H,9,11,14-15H2,1H3,(H,25,26)/t17-/m0/s1. The number of nitrogens with one attached hydrogen (secondary N) is 2. The summed E-state index contributed by atoms with van der Waals surface area (Å²) in [5.74, 6) is 1.86. The van der Waals surface area contributed by atoms with Crippen molar-refractivity contribution in [3.05, 3.63) is 66.4 Å². The zero-order valence-corrected chi connectivity index (χ0v) is 16.0. The number of aromatic nitrogens is 2. The highest BCUT2D eigenvalue weighted by Gasteiger charge is 2.18. The lowest BCUT2D eigenvalue weighted by Gasteiger charge is -2.15. The number of para-hydroxylation sites is 1. The average Bonchev–Trinajstić information content (AvgIpc) is 3.39. The van der Waals surface area contributed by atoms with E-state index in [9.17, 15) is 0 Å². The highest BCUT2D eigenvalue weighted by Crippen LogP contribution is 2.31. The van der Waals surface area contributed by atoms with Crippen molar-refractivity contribution in [2.24, 2.45) is 0 Å². The number of nitrogens with zero attached hydrogens (tertiary/aromatic N) is 2. The molecule has 4 aromatic rings. The van der Waals surface area contributed by atoms with Crippen LogP contribution in [0.2, 0.25) is 0 Å². The Morgan fingerprint density at radius 1 is 1.14 bits per heavy atom. The number of hydrogen-bond donors (Lipinski definition) is 2. The Labute approximate surface area is 164 Å². The van der Waals surface area contributed by atoms with Crippen molar-refractivity contribution in [2.45, 2.75) is 19.0 Å². The van der Waals surface area contributed by atoms with Crippen LogP contribution in [0.15, 0.2) is 60.8 Å². The van der Waals surface area contributed by atoms with E-state index < -0.39 is 0 Å².